The molecule has 0 atom stereocenters. The van der Waals surface area contributed by atoms with Crippen LogP contribution in [0.5, 0.6) is 0 Å². The van der Waals surface area contributed by atoms with Crippen LogP contribution in [0.1, 0.15) is 84.0 Å². The Kier molecular flexibility index (Phi) is 15.0. The smallest absolute Gasteiger partial charge is 0.0586 e. The van der Waals surface area contributed by atoms with Crippen LogP contribution in [0, 0.1) is 11.6 Å². The summed E-state index contributed by atoms with van der Waals surface area (Å²) < 4.78 is 0. The number of rotatable bonds is 11. The van der Waals surface area contributed by atoms with Crippen molar-refractivity contribution in [2.45, 2.75) is 84.0 Å². The van der Waals surface area contributed by atoms with Crippen LogP contribution in [0.15, 0.2) is 0 Å². The van der Waals surface area contributed by atoms with E-state index in [4.69, 9.17) is 0 Å². The zero-order valence-electron chi connectivity index (χ0n) is 10.9. The summed E-state index contributed by atoms with van der Waals surface area (Å²) in [6.45, 7) is 2.28. The van der Waals surface area contributed by atoms with Gasteiger partial charge < -0.3 is 0 Å². The molecule has 0 unspecified atom stereocenters. The van der Waals surface area contributed by atoms with Crippen molar-refractivity contribution < 1.29 is 0 Å². The van der Waals surface area contributed by atoms with Crippen molar-refractivity contribution in [2.75, 3.05) is 0 Å². The minimum atomic E-state index is 1.03. The quantitative estimate of drug-likeness (QED) is 0.233. The van der Waals surface area contributed by atoms with E-state index in [1.165, 1.54) is 70.6 Å². The summed E-state index contributed by atoms with van der Waals surface area (Å²) in [4.78, 5) is 0. The van der Waals surface area contributed by atoms with Gasteiger partial charge in [0.15, 0.2) is 0 Å². The van der Waals surface area contributed by atoms with Crippen LogP contribution in [0.25, 0.3) is 0 Å². The maximum Gasteiger partial charge on any atom is 0.0586 e. The second-order valence-electron chi connectivity index (χ2n) is 4.57. The van der Waals surface area contributed by atoms with Crippen molar-refractivity contribution in [2.24, 2.45) is 0 Å². The average molecular weight is 238 g/mol. The summed E-state index contributed by atoms with van der Waals surface area (Å²) >= 11 is 0. The van der Waals surface area contributed by atoms with Gasteiger partial charge in [-0.05, 0) is 6.42 Å². The molecule has 1 heteroatoms. The van der Waals surface area contributed by atoms with Crippen molar-refractivity contribution in [3.05, 3.63) is 0 Å². The van der Waals surface area contributed by atoms with Crippen molar-refractivity contribution in [3.8, 4) is 11.6 Å². The zero-order valence-corrected chi connectivity index (χ0v) is 11.8. The molecule has 0 aliphatic heterocycles. The lowest BCUT2D eigenvalue weighted by Crippen LogP contribution is -1.81. The first-order valence-corrected chi connectivity index (χ1v) is 7.48. The Morgan fingerprint density at radius 1 is 0.688 bits per heavy atom. The average Bonchev–Trinajstić information content (AvgIpc) is 2.31. The fourth-order valence-electron chi connectivity index (χ4n) is 1.93. The Morgan fingerprint density at radius 3 is 1.56 bits per heavy atom. The van der Waals surface area contributed by atoms with Gasteiger partial charge in [0.25, 0.3) is 0 Å². The zero-order chi connectivity index (χ0) is 11.9. The maximum atomic E-state index is 3.87. The van der Waals surface area contributed by atoms with Crippen LogP contribution in [0.4, 0.5) is 0 Å². The van der Waals surface area contributed by atoms with E-state index in [0.29, 0.717) is 0 Å². The van der Waals surface area contributed by atoms with Crippen LogP contribution in [-0.2, 0) is 0 Å². The van der Waals surface area contributed by atoms with Gasteiger partial charge in [-0.2, -0.15) is 0 Å². The molecule has 0 nitrogen and oxygen atoms in total. The summed E-state index contributed by atoms with van der Waals surface area (Å²) in [5, 5.41) is 0. The molecule has 2 radical (unpaired) electrons. The van der Waals surface area contributed by atoms with E-state index in [1.54, 1.807) is 0 Å². The molecule has 0 saturated heterocycles. The molecular weight excluding hydrogens is 211 g/mol. The Morgan fingerprint density at radius 2 is 1.12 bits per heavy atom. The lowest BCUT2D eigenvalue weighted by atomic mass is 10.1. The van der Waals surface area contributed by atoms with E-state index in [9.17, 15) is 0 Å². The van der Waals surface area contributed by atoms with Crippen molar-refractivity contribution in [1.29, 1.82) is 0 Å². The summed E-state index contributed by atoms with van der Waals surface area (Å²) in [6.07, 6.45) is 16.4. The Bertz CT molecular complexity index is 176. The summed E-state index contributed by atoms with van der Waals surface area (Å²) in [5.41, 5.74) is 2.65. The SMILES string of the molecule is CCCCCCCCCCCCCC#C[P]. The molecule has 0 amide bonds. The van der Waals surface area contributed by atoms with Gasteiger partial charge in [0, 0.05) is 6.42 Å². The number of hydrogen-bond acceptors (Lipinski definition) is 0. The van der Waals surface area contributed by atoms with Crippen LogP contribution in [0.3, 0.4) is 0 Å². The predicted octanol–water partition coefficient (Wildman–Crippen LogP) is 6.06. The molecule has 0 aromatic heterocycles. The third-order valence-electron chi connectivity index (χ3n) is 2.98. The lowest BCUT2D eigenvalue weighted by molar-refractivity contribution is 0.551. The molecule has 16 heavy (non-hydrogen) atoms. The molecule has 0 fully saturated rings. The molecule has 0 heterocycles. The highest BCUT2D eigenvalue weighted by Crippen LogP contribution is 2.11. The summed E-state index contributed by atoms with van der Waals surface area (Å²) in [6, 6.07) is 0. The largest absolute Gasteiger partial charge is 0.0979 e. The third kappa shape index (κ3) is 14.0. The van der Waals surface area contributed by atoms with Crippen molar-refractivity contribution in [3.63, 3.8) is 0 Å². The monoisotopic (exact) mass is 238 g/mol. The summed E-state index contributed by atoms with van der Waals surface area (Å²) in [7, 11) is 3.87. The molecule has 0 rings (SSSR count). The van der Waals surface area contributed by atoms with Gasteiger partial charge in [-0.15, -0.1) is 0 Å². The second kappa shape index (κ2) is 15.0. The Balaban J connectivity index is 2.89. The van der Waals surface area contributed by atoms with E-state index in [0.717, 1.165) is 6.42 Å². The highest BCUT2D eigenvalue weighted by Gasteiger charge is 1.92. The van der Waals surface area contributed by atoms with Crippen molar-refractivity contribution >= 4 is 9.24 Å². The molecule has 0 aromatic rings. The molecule has 0 N–H and O–H groups in total. The van der Waals surface area contributed by atoms with Crippen LogP contribution in [-0.4, -0.2) is 0 Å². The van der Waals surface area contributed by atoms with Gasteiger partial charge >= 0.3 is 0 Å². The van der Waals surface area contributed by atoms with E-state index >= 15 is 0 Å². The molecule has 0 spiro atoms. The maximum absolute atomic E-state index is 3.87. The van der Waals surface area contributed by atoms with Gasteiger partial charge in [-0.25, -0.2) is 0 Å². The van der Waals surface area contributed by atoms with E-state index in [1.807, 2.05) is 0 Å². The first-order chi connectivity index (χ1) is 7.91. The van der Waals surface area contributed by atoms with Gasteiger partial charge in [-0.3, -0.25) is 0 Å². The van der Waals surface area contributed by atoms with Gasteiger partial charge in [0.2, 0.25) is 0 Å². The molecular formula is C15H27P. The minimum absolute atomic E-state index is 1.03. The van der Waals surface area contributed by atoms with Crippen LogP contribution in [0.2, 0.25) is 0 Å². The highest BCUT2D eigenvalue weighted by atomic mass is 31.0. The number of unbranched alkanes of at least 4 members (excludes halogenated alkanes) is 11. The van der Waals surface area contributed by atoms with Crippen LogP contribution >= 0.6 is 9.24 Å². The predicted molar refractivity (Wildman–Crippen MR) is 75.8 cm³/mol. The molecule has 0 aliphatic rings. The van der Waals surface area contributed by atoms with E-state index in [2.05, 4.69) is 27.7 Å². The molecule has 0 saturated carbocycles. The van der Waals surface area contributed by atoms with Gasteiger partial charge in [0.05, 0.1) is 9.24 Å². The Hall–Kier alpha value is -0.0100. The third-order valence-corrected chi connectivity index (χ3v) is 3.14. The summed E-state index contributed by atoms with van der Waals surface area (Å²) in [5.74, 6) is 2.99. The van der Waals surface area contributed by atoms with Crippen LogP contribution < -0.4 is 0 Å². The fourth-order valence-corrected chi connectivity index (χ4v) is 2.05. The molecule has 0 bridgehead atoms. The highest BCUT2D eigenvalue weighted by molar-refractivity contribution is 7.23. The first-order valence-electron chi connectivity index (χ1n) is 7.03. The topological polar surface area (TPSA) is 0 Å². The lowest BCUT2D eigenvalue weighted by Gasteiger charge is -2.01. The van der Waals surface area contributed by atoms with Crippen molar-refractivity contribution in [1.82, 2.24) is 0 Å². The molecule has 0 aromatic carbocycles. The second-order valence-corrected chi connectivity index (χ2v) is 4.80. The first kappa shape index (κ1) is 16.0. The normalized spacial score (nSPS) is 9.88. The standard InChI is InChI=1S/C15H27P/c1-2-3-4-5-6-7-8-9-10-11-12-13-14-15-16/h2-13H2,1H3. The fraction of sp³-hybridized carbons (Fsp3) is 0.867. The van der Waals surface area contributed by atoms with Gasteiger partial charge in [0.1, 0.15) is 0 Å². The minimum Gasteiger partial charge on any atom is -0.0979 e. The Labute approximate surface area is 105 Å². The van der Waals surface area contributed by atoms with Gasteiger partial charge in [-0.1, -0.05) is 82.7 Å². The van der Waals surface area contributed by atoms with E-state index in [-0.39, 0.29) is 0 Å². The molecule has 0 aliphatic carbocycles. The van der Waals surface area contributed by atoms with E-state index < -0.39 is 0 Å². The molecule has 92 valence electrons. The number of hydrogen-bond donors (Lipinski definition) is 0.